The van der Waals surface area contributed by atoms with Crippen LogP contribution < -0.4 is 9.79 Å². The maximum Gasteiger partial charge on any atom is 0.273 e. The summed E-state index contributed by atoms with van der Waals surface area (Å²) in [6.07, 6.45) is 1.18. The summed E-state index contributed by atoms with van der Waals surface area (Å²) >= 11 is 0.295. The Hall–Kier alpha value is 0.650. The molecule has 0 rings (SSSR count). The molecule has 0 spiro atoms. The van der Waals surface area contributed by atoms with Crippen LogP contribution in [0.2, 0.25) is 0 Å². The molecule has 0 aromatic heterocycles. The summed E-state index contributed by atoms with van der Waals surface area (Å²) in [5, 5.41) is 0. The first-order chi connectivity index (χ1) is 4.83. The maximum absolute atomic E-state index is 10.5. The van der Waals surface area contributed by atoms with E-state index >= 15 is 0 Å². The summed E-state index contributed by atoms with van der Waals surface area (Å²) in [6, 6.07) is 0. The van der Waals surface area contributed by atoms with Crippen LogP contribution in [-0.2, 0) is 18.0 Å². The molecule has 11 heavy (non-hydrogen) atoms. The Morgan fingerprint density at radius 2 is 1.82 bits per heavy atom. The van der Waals surface area contributed by atoms with E-state index in [4.69, 9.17) is 0 Å². The summed E-state index contributed by atoms with van der Waals surface area (Å²) in [6.45, 7) is -4.35. The predicted octanol–water partition coefficient (Wildman–Crippen LogP) is -0.0508. The molecule has 0 aliphatic rings. The van der Waals surface area contributed by atoms with Gasteiger partial charge in [-0.25, -0.2) is 0 Å². The zero-order valence-electron chi connectivity index (χ0n) is 5.75. The number of hydrogen-bond donors (Lipinski definition) is 0. The SMILES string of the molecule is COP(=O)([O-])OP(=O)([O-])SC. The van der Waals surface area contributed by atoms with Crippen molar-refractivity contribution in [2.24, 2.45) is 0 Å². The highest BCUT2D eigenvalue weighted by Gasteiger charge is 2.15. The minimum Gasteiger partial charge on any atom is -0.770 e. The van der Waals surface area contributed by atoms with Gasteiger partial charge in [0.25, 0.3) is 7.82 Å². The Morgan fingerprint density at radius 3 is 2.09 bits per heavy atom. The van der Waals surface area contributed by atoms with Gasteiger partial charge in [0.2, 0.25) is 0 Å². The van der Waals surface area contributed by atoms with Crippen molar-refractivity contribution >= 4 is 26.0 Å². The molecule has 0 fully saturated rings. The largest absolute Gasteiger partial charge is 0.770 e. The molecule has 0 saturated carbocycles. The van der Waals surface area contributed by atoms with Crippen molar-refractivity contribution in [2.75, 3.05) is 13.4 Å². The van der Waals surface area contributed by atoms with Crippen molar-refractivity contribution in [1.82, 2.24) is 0 Å². The van der Waals surface area contributed by atoms with Gasteiger partial charge >= 0.3 is 0 Å². The van der Waals surface area contributed by atoms with E-state index in [1.807, 2.05) is 0 Å². The smallest absolute Gasteiger partial charge is 0.273 e. The van der Waals surface area contributed by atoms with Gasteiger partial charge in [0.1, 0.15) is 0 Å². The van der Waals surface area contributed by atoms with Gasteiger partial charge in [0.15, 0.2) is 6.80 Å². The first-order valence-electron chi connectivity index (χ1n) is 2.28. The van der Waals surface area contributed by atoms with Gasteiger partial charge in [0, 0.05) is 7.11 Å². The van der Waals surface area contributed by atoms with Gasteiger partial charge in [-0.1, -0.05) is 11.4 Å². The first-order valence-corrected chi connectivity index (χ1v) is 7.11. The van der Waals surface area contributed by atoms with E-state index in [2.05, 4.69) is 8.83 Å². The Balaban J connectivity index is 4.26. The van der Waals surface area contributed by atoms with E-state index in [1.165, 1.54) is 6.26 Å². The fraction of sp³-hybridized carbons (Fsp3) is 1.00. The van der Waals surface area contributed by atoms with Crippen molar-refractivity contribution in [2.45, 2.75) is 0 Å². The van der Waals surface area contributed by atoms with Crippen molar-refractivity contribution in [1.29, 1.82) is 0 Å². The molecule has 0 radical (unpaired) electrons. The average molecular weight is 220 g/mol. The van der Waals surface area contributed by atoms with E-state index in [9.17, 15) is 18.9 Å². The third kappa shape index (κ3) is 4.98. The second-order valence-electron chi connectivity index (χ2n) is 1.34. The van der Waals surface area contributed by atoms with Gasteiger partial charge < -0.3 is 14.3 Å². The fourth-order valence-electron chi connectivity index (χ4n) is 0.189. The molecule has 0 N–H and O–H groups in total. The summed E-state index contributed by atoms with van der Waals surface area (Å²) < 4.78 is 28.3. The van der Waals surface area contributed by atoms with Crippen LogP contribution in [-0.4, -0.2) is 13.4 Å². The summed E-state index contributed by atoms with van der Waals surface area (Å²) in [5.74, 6) is 0. The van der Waals surface area contributed by atoms with E-state index in [-0.39, 0.29) is 0 Å². The monoisotopic (exact) mass is 220 g/mol. The summed E-state index contributed by atoms with van der Waals surface area (Å²) in [5.41, 5.74) is 0. The summed E-state index contributed by atoms with van der Waals surface area (Å²) in [7, 11) is -3.84. The lowest BCUT2D eigenvalue weighted by molar-refractivity contribution is -0.226. The van der Waals surface area contributed by atoms with Crippen molar-refractivity contribution < 1.29 is 27.8 Å². The van der Waals surface area contributed by atoms with Crippen LogP contribution in [0.15, 0.2) is 0 Å². The molecule has 0 bridgehead atoms. The Kier molecular flexibility index (Phi) is 4.29. The third-order valence-electron chi connectivity index (χ3n) is 0.647. The van der Waals surface area contributed by atoms with Gasteiger partial charge in [-0.3, -0.25) is 13.4 Å². The Labute approximate surface area is 67.8 Å². The van der Waals surface area contributed by atoms with Gasteiger partial charge in [-0.15, -0.1) is 0 Å². The molecular weight excluding hydrogens is 214 g/mol. The van der Waals surface area contributed by atoms with Crippen LogP contribution in [0.25, 0.3) is 0 Å². The highest BCUT2D eigenvalue weighted by Crippen LogP contribution is 2.60. The van der Waals surface area contributed by atoms with Crippen molar-refractivity contribution in [3.8, 4) is 0 Å². The molecule has 0 aromatic rings. The average Bonchev–Trinajstić information content (AvgIpc) is 1.86. The highest BCUT2D eigenvalue weighted by molar-refractivity contribution is 8.54. The number of hydrogen-bond acceptors (Lipinski definition) is 7. The Bertz CT molecular complexity index is 193. The molecule has 2 atom stereocenters. The van der Waals surface area contributed by atoms with Gasteiger partial charge in [-0.05, 0) is 6.26 Å². The van der Waals surface area contributed by atoms with E-state index in [0.717, 1.165) is 7.11 Å². The lowest BCUT2D eigenvalue weighted by Gasteiger charge is -2.28. The highest BCUT2D eigenvalue weighted by atomic mass is 32.7. The van der Waals surface area contributed by atoms with Gasteiger partial charge in [-0.2, -0.15) is 0 Å². The lowest BCUT2D eigenvalue weighted by Crippen LogP contribution is -2.08. The minimum atomic E-state index is -4.66. The molecule has 6 nitrogen and oxygen atoms in total. The standard InChI is InChI=1S/C2H8O6P2S/c1-7-9(3,4)8-10(5,6)11-2/h1-2H3,(H,3,4)(H,5,6)/p-2. The van der Waals surface area contributed by atoms with Crippen LogP contribution in [0.1, 0.15) is 0 Å². The van der Waals surface area contributed by atoms with Crippen LogP contribution in [0.5, 0.6) is 0 Å². The van der Waals surface area contributed by atoms with Gasteiger partial charge in [0.05, 0.1) is 0 Å². The van der Waals surface area contributed by atoms with E-state index in [1.54, 1.807) is 0 Å². The molecule has 68 valence electrons. The van der Waals surface area contributed by atoms with E-state index in [0.29, 0.717) is 11.4 Å². The minimum absolute atomic E-state index is 0.295. The fourth-order valence-corrected chi connectivity index (χ4v) is 3.04. The zero-order valence-corrected chi connectivity index (χ0v) is 8.36. The molecule has 0 aliphatic carbocycles. The first kappa shape index (κ1) is 11.6. The second-order valence-corrected chi connectivity index (χ2v) is 6.95. The quantitative estimate of drug-likeness (QED) is 0.612. The Morgan fingerprint density at radius 1 is 1.36 bits per heavy atom. The van der Waals surface area contributed by atoms with E-state index < -0.39 is 14.6 Å². The second kappa shape index (κ2) is 4.05. The van der Waals surface area contributed by atoms with Crippen molar-refractivity contribution in [3.63, 3.8) is 0 Å². The maximum atomic E-state index is 10.5. The molecule has 0 saturated heterocycles. The number of rotatable bonds is 4. The molecule has 0 aliphatic heterocycles. The normalized spacial score (nSPS) is 22.2. The van der Waals surface area contributed by atoms with Crippen molar-refractivity contribution in [3.05, 3.63) is 0 Å². The van der Waals surface area contributed by atoms with Crippen LogP contribution in [0.4, 0.5) is 0 Å². The third-order valence-corrected chi connectivity index (χ3v) is 5.08. The molecule has 2 unspecified atom stereocenters. The number of phosphoric acid groups is 1. The summed E-state index contributed by atoms with van der Waals surface area (Å²) in [4.78, 5) is 20.9. The molecule has 0 amide bonds. The molecule has 0 heterocycles. The van der Waals surface area contributed by atoms with Crippen LogP contribution in [0, 0.1) is 0 Å². The zero-order chi connectivity index (χ0) is 9.12. The van der Waals surface area contributed by atoms with Crippen LogP contribution >= 0.6 is 26.0 Å². The molecule has 9 heteroatoms. The predicted molar refractivity (Wildman–Crippen MR) is 36.8 cm³/mol. The van der Waals surface area contributed by atoms with Crippen LogP contribution in [0.3, 0.4) is 0 Å². The molecule has 0 aromatic carbocycles. The number of phosphoric ester groups is 1. The topological polar surface area (TPSA) is 98.7 Å². The molecular formula is C2H6O6P2S-2. The lowest BCUT2D eigenvalue weighted by atomic mass is 11.8.